The Morgan fingerprint density at radius 2 is 1.73 bits per heavy atom. The summed E-state index contributed by atoms with van der Waals surface area (Å²) >= 11 is 0.779. The molecule has 158 valence electrons. The molecule has 8 nitrogen and oxygen atoms in total. The summed E-state index contributed by atoms with van der Waals surface area (Å²) in [6.07, 6.45) is 0. The number of benzene rings is 2. The number of anilines is 1. The molecule has 2 aromatic carbocycles. The molecule has 0 aliphatic heterocycles. The highest BCUT2D eigenvalue weighted by atomic mass is 32.2. The predicted octanol–water partition coefficient (Wildman–Crippen LogP) is 3.07. The third-order valence-electron chi connectivity index (χ3n) is 4.15. The molecule has 0 spiro atoms. The van der Waals surface area contributed by atoms with Gasteiger partial charge in [0.1, 0.15) is 12.4 Å². The van der Waals surface area contributed by atoms with Crippen molar-refractivity contribution in [3.05, 3.63) is 64.7 Å². The minimum Gasteiger partial charge on any atom is -0.492 e. The van der Waals surface area contributed by atoms with Crippen LogP contribution in [0.5, 0.6) is 5.75 Å². The zero-order valence-electron chi connectivity index (χ0n) is 16.8. The standard InChI is InChI=1S/C20H22N4O4S2/c1-13-4-7-16(8-5-13)18(25)22-19-23-24-20(29-19)30(26,27)21-10-11-28-17-9-6-14(2)12-15(17)3/h4-9,12,21H,10-11H2,1-3H3,(H,22,23,25). The van der Waals surface area contributed by atoms with Crippen molar-refractivity contribution in [3.8, 4) is 5.75 Å². The lowest BCUT2D eigenvalue weighted by molar-refractivity contribution is 0.102. The topological polar surface area (TPSA) is 110 Å². The van der Waals surface area contributed by atoms with Gasteiger partial charge in [0, 0.05) is 12.1 Å². The number of rotatable bonds is 8. The van der Waals surface area contributed by atoms with E-state index in [9.17, 15) is 13.2 Å². The van der Waals surface area contributed by atoms with Crippen molar-refractivity contribution in [2.24, 2.45) is 0 Å². The van der Waals surface area contributed by atoms with Crippen LogP contribution >= 0.6 is 11.3 Å². The zero-order valence-corrected chi connectivity index (χ0v) is 18.4. The number of hydrogen-bond donors (Lipinski definition) is 2. The fourth-order valence-electron chi connectivity index (χ4n) is 2.60. The molecule has 0 atom stereocenters. The van der Waals surface area contributed by atoms with Crippen molar-refractivity contribution >= 4 is 32.4 Å². The van der Waals surface area contributed by atoms with E-state index < -0.39 is 10.0 Å². The molecule has 0 saturated heterocycles. The van der Waals surface area contributed by atoms with Crippen LogP contribution in [0.2, 0.25) is 0 Å². The fraction of sp³-hybridized carbons (Fsp3) is 0.250. The SMILES string of the molecule is Cc1ccc(C(=O)Nc2nnc(S(=O)(=O)NCCOc3ccc(C)cc3C)s2)cc1. The first-order valence-corrected chi connectivity index (χ1v) is 11.5. The Hall–Kier alpha value is -2.82. The molecule has 0 aliphatic carbocycles. The average molecular weight is 447 g/mol. The van der Waals surface area contributed by atoms with Crippen LogP contribution in [0.3, 0.4) is 0 Å². The molecule has 0 radical (unpaired) electrons. The molecule has 0 bridgehead atoms. The van der Waals surface area contributed by atoms with Gasteiger partial charge in [-0.25, -0.2) is 13.1 Å². The number of hydrogen-bond acceptors (Lipinski definition) is 7. The molecule has 0 unspecified atom stereocenters. The van der Waals surface area contributed by atoms with Gasteiger partial charge in [-0.2, -0.15) is 0 Å². The van der Waals surface area contributed by atoms with Gasteiger partial charge in [-0.05, 0) is 44.5 Å². The van der Waals surface area contributed by atoms with E-state index in [1.807, 2.05) is 51.1 Å². The molecule has 0 fully saturated rings. The van der Waals surface area contributed by atoms with Gasteiger partial charge in [0.15, 0.2) is 0 Å². The molecule has 30 heavy (non-hydrogen) atoms. The van der Waals surface area contributed by atoms with E-state index in [-0.39, 0.29) is 28.5 Å². The van der Waals surface area contributed by atoms with Crippen LogP contribution in [0, 0.1) is 20.8 Å². The second kappa shape index (κ2) is 9.33. The summed E-state index contributed by atoms with van der Waals surface area (Å²) < 4.78 is 32.6. The molecule has 3 rings (SSSR count). The highest BCUT2D eigenvalue weighted by Crippen LogP contribution is 2.21. The van der Waals surface area contributed by atoms with Crippen molar-refractivity contribution in [3.63, 3.8) is 0 Å². The van der Waals surface area contributed by atoms with Gasteiger partial charge in [-0.1, -0.05) is 46.7 Å². The Labute approximate surface area is 179 Å². The van der Waals surface area contributed by atoms with Gasteiger partial charge in [0.25, 0.3) is 15.9 Å². The normalized spacial score (nSPS) is 11.3. The van der Waals surface area contributed by atoms with Crippen molar-refractivity contribution in [1.82, 2.24) is 14.9 Å². The summed E-state index contributed by atoms with van der Waals surface area (Å²) in [4.78, 5) is 12.2. The summed E-state index contributed by atoms with van der Waals surface area (Å²) in [5, 5.41) is 10.1. The number of aryl methyl sites for hydroxylation is 3. The van der Waals surface area contributed by atoms with Gasteiger partial charge < -0.3 is 4.74 Å². The molecule has 10 heteroatoms. The summed E-state index contributed by atoms with van der Waals surface area (Å²) in [5.74, 6) is 0.321. The van der Waals surface area contributed by atoms with Gasteiger partial charge in [-0.15, -0.1) is 10.2 Å². The average Bonchev–Trinajstić information content (AvgIpc) is 3.16. The summed E-state index contributed by atoms with van der Waals surface area (Å²) in [7, 11) is -3.85. The molecule has 2 N–H and O–H groups in total. The maximum atomic E-state index is 12.4. The maximum Gasteiger partial charge on any atom is 0.269 e. The van der Waals surface area contributed by atoms with Crippen LogP contribution in [0.1, 0.15) is 27.0 Å². The number of amides is 1. The largest absolute Gasteiger partial charge is 0.492 e. The highest BCUT2D eigenvalue weighted by molar-refractivity contribution is 7.91. The molecule has 1 heterocycles. The number of nitrogens with zero attached hydrogens (tertiary/aromatic N) is 2. The lowest BCUT2D eigenvalue weighted by Gasteiger charge is -2.10. The molecular formula is C20H22N4O4S2. The fourth-order valence-corrected chi connectivity index (χ4v) is 4.55. The number of sulfonamides is 1. The second-order valence-electron chi connectivity index (χ2n) is 6.71. The number of aromatic nitrogens is 2. The molecule has 0 aliphatic rings. The van der Waals surface area contributed by atoms with E-state index in [0.29, 0.717) is 11.3 Å². The predicted molar refractivity (Wildman–Crippen MR) is 116 cm³/mol. The monoisotopic (exact) mass is 446 g/mol. The Morgan fingerprint density at radius 3 is 2.43 bits per heavy atom. The Balaban J connectivity index is 1.54. The van der Waals surface area contributed by atoms with Crippen molar-refractivity contribution < 1.29 is 17.9 Å². The van der Waals surface area contributed by atoms with Gasteiger partial charge in [0.05, 0.1) is 0 Å². The first-order valence-electron chi connectivity index (χ1n) is 9.16. The first kappa shape index (κ1) is 21.9. The highest BCUT2D eigenvalue weighted by Gasteiger charge is 2.21. The van der Waals surface area contributed by atoms with E-state index in [2.05, 4.69) is 20.2 Å². The van der Waals surface area contributed by atoms with Crippen molar-refractivity contribution in [1.29, 1.82) is 0 Å². The second-order valence-corrected chi connectivity index (χ2v) is 9.63. The molecule has 3 aromatic rings. The minimum atomic E-state index is -3.85. The molecule has 1 aromatic heterocycles. The quantitative estimate of drug-likeness (QED) is 0.406. The van der Waals surface area contributed by atoms with Gasteiger partial charge >= 0.3 is 0 Å². The van der Waals surface area contributed by atoms with Crippen LogP contribution in [0.4, 0.5) is 5.13 Å². The Bertz CT molecular complexity index is 1140. The van der Waals surface area contributed by atoms with Crippen LogP contribution in [0.25, 0.3) is 0 Å². The van der Waals surface area contributed by atoms with Gasteiger partial charge in [-0.3, -0.25) is 10.1 Å². The molecule has 0 saturated carbocycles. The van der Waals surface area contributed by atoms with Crippen LogP contribution in [0.15, 0.2) is 46.8 Å². The maximum absolute atomic E-state index is 12.4. The number of ether oxygens (including phenoxy) is 1. The Kier molecular flexibility index (Phi) is 6.80. The molecule has 1 amide bonds. The number of carbonyl (C=O) groups excluding carboxylic acids is 1. The van der Waals surface area contributed by atoms with Crippen molar-refractivity contribution in [2.45, 2.75) is 25.1 Å². The third kappa shape index (κ3) is 5.62. The zero-order chi connectivity index (χ0) is 21.7. The lowest BCUT2D eigenvalue weighted by atomic mass is 10.1. The van der Waals surface area contributed by atoms with Crippen LogP contribution < -0.4 is 14.8 Å². The van der Waals surface area contributed by atoms with Crippen LogP contribution in [-0.2, 0) is 10.0 Å². The van der Waals surface area contributed by atoms with E-state index >= 15 is 0 Å². The van der Waals surface area contributed by atoms with Crippen molar-refractivity contribution in [2.75, 3.05) is 18.5 Å². The summed E-state index contributed by atoms with van der Waals surface area (Å²) in [6.45, 7) is 6.08. The smallest absolute Gasteiger partial charge is 0.269 e. The molecular weight excluding hydrogens is 424 g/mol. The van der Waals surface area contributed by atoms with Crippen LogP contribution in [-0.4, -0.2) is 37.7 Å². The number of nitrogens with one attached hydrogen (secondary N) is 2. The minimum absolute atomic E-state index is 0.0697. The van der Waals surface area contributed by atoms with E-state index in [1.165, 1.54) is 0 Å². The lowest BCUT2D eigenvalue weighted by Crippen LogP contribution is -2.28. The van der Waals surface area contributed by atoms with Gasteiger partial charge in [0.2, 0.25) is 9.47 Å². The number of carbonyl (C=O) groups is 1. The Morgan fingerprint density at radius 1 is 1.03 bits per heavy atom. The summed E-state index contributed by atoms with van der Waals surface area (Å²) in [6, 6.07) is 12.8. The third-order valence-corrected chi connectivity index (χ3v) is 6.82. The van der Waals surface area contributed by atoms with E-state index in [4.69, 9.17) is 4.74 Å². The summed E-state index contributed by atoms with van der Waals surface area (Å²) in [5.41, 5.74) is 3.59. The van der Waals surface area contributed by atoms with E-state index in [1.54, 1.807) is 12.1 Å². The first-order chi connectivity index (χ1) is 14.2. The van der Waals surface area contributed by atoms with E-state index in [0.717, 1.165) is 28.0 Å².